The lowest BCUT2D eigenvalue weighted by molar-refractivity contribution is -0.131. The lowest BCUT2D eigenvalue weighted by Crippen LogP contribution is -2.50. The van der Waals surface area contributed by atoms with Crippen molar-refractivity contribution < 1.29 is 24.3 Å². The van der Waals surface area contributed by atoms with Gasteiger partial charge in [0.2, 0.25) is 0 Å². The maximum absolute atomic E-state index is 11.4. The molecule has 7 nitrogen and oxygen atoms in total. The zero-order valence-electron chi connectivity index (χ0n) is 11.3. The van der Waals surface area contributed by atoms with Crippen molar-refractivity contribution in [1.82, 2.24) is 10.8 Å². The Morgan fingerprint density at radius 1 is 1.53 bits per heavy atom. The number of aliphatic carboxylic acids is 1. The van der Waals surface area contributed by atoms with E-state index in [0.29, 0.717) is 6.42 Å². The highest BCUT2D eigenvalue weighted by atomic mass is 32.2. The van der Waals surface area contributed by atoms with Crippen LogP contribution in [0.4, 0.5) is 4.79 Å². The van der Waals surface area contributed by atoms with Gasteiger partial charge in [-0.2, -0.15) is 0 Å². The molecule has 0 spiro atoms. The van der Waals surface area contributed by atoms with Crippen LogP contribution in [0.3, 0.4) is 0 Å². The Morgan fingerprint density at radius 2 is 2.16 bits per heavy atom. The molecule has 1 rings (SSSR count). The molecular weight excluding hydrogens is 272 g/mol. The molecule has 0 radical (unpaired) electrons. The van der Waals surface area contributed by atoms with Gasteiger partial charge in [0.15, 0.2) is 4.99 Å². The number of rotatable bonds is 4. The smallest absolute Gasteiger partial charge is 0.477 e. The van der Waals surface area contributed by atoms with Gasteiger partial charge in [-0.05, 0) is 27.2 Å². The molecule has 1 atom stereocenters. The van der Waals surface area contributed by atoms with Crippen LogP contribution in [0.2, 0.25) is 0 Å². The molecular formula is C11H18N2O5S. The van der Waals surface area contributed by atoms with E-state index in [2.05, 4.69) is 10.8 Å². The number of carboxylic acid groups (broad SMARTS) is 1. The number of carbonyl (C=O) groups excluding carboxylic acids is 1. The number of carbonyl (C=O) groups is 2. The SMILES string of the molecule is CCC1(NOC(=O)OC(C)(C)C)NC=C(C(=O)O)S1. The summed E-state index contributed by atoms with van der Waals surface area (Å²) in [5.74, 6) is -1.04. The van der Waals surface area contributed by atoms with Gasteiger partial charge in [0.1, 0.15) is 10.5 Å². The molecule has 1 aliphatic rings. The van der Waals surface area contributed by atoms with E-state index in [1.54, 1.807) is 20.8 Å². The molecule has 0 aromatic carbocycles. The fourth-order valence-electron chi connectivity index (χ4n) is 1.23. The van der Waals surface area contributed by atoms with Gasteiger partial charge >= 0.3 is 12.1 Å². The summed E-state index contributed by atoms with van der Waals surface area (Å²) in [4.78, 5) is 26.3. The molecule has 1 aliphatic heterocycles. The number of hydroxylamine groups is 1. The Bertz CT molecular complexity index is 404. The molecule has 1 unspecified atom stereocenters. The quantitative estimate of drug-likeness (QED) is 0.532. The molecule has 0 bridgehead atoms. The summed E-state index contributed by atoms with van der Waals surface area (Å²) in [5.41, 5.74) is 1.86. The third-order valence-corrected chi connectivity index (χ3v) is 3.47. The van der Waals surface area contributed by atoms with E-state index < -0.39 is 22.7 Å². The van der Waals surface area contributed by atoms with Crippen molar-refractivity contribution in [3.63, 3.8) is 0 Å². The minimum atomic E-state index is -1.04. The molecule has 108 valence electrons. The fraction of sp³-hybridized carbons (Fsp3) is 0.636. The zero-order valence-corrected chi connectivity index (χ0v) is 12.1. The Labute approximate surface area is 115 Å². The van der Waals surface area contributed by atoms with Crippen molar-refractivity contribution in [2.75, 3.05) is 0 Å². The Balaban J connectivity index is 2.52. The normalized spacial score (nSPS) is 22.4. The van der Waals surface area contributed by atoms with Crippen LogP contribution >= 0.6 is 11.8 Å². The minimum absolute atomic E-state index is 0.141. The fourth-order valence-corrected chi connectivity index (χ4v) is 2.15. The molecule has 3 N–H and O–H groups in total. The Morgan fingerprint density at radius 3 is 2.58 bits per heavy atom. The summed E-state index contributed by atoms with van der Waals surface area (Å²) in [6.45, 7) is 6.98. The van der Waals surface area contributed by atoms with Crippen LogP contribution in [0, 0.1) is 0 Å². The summed E-state index contributed by atoms with van der Waals surface area (Å²) < 4.78 is 4.97. The first kappa shape index (κ1) is 15.6. The van der Waals surface area contributed by atoms with Gasteiger partial charge in [-0.1, -0.05) is 18.7 Å². The van der Waals surface area contributed by atoms with Gasteiger partial charge < -0.3 is 20.0 Å². The number of carboxylic acids is 1. The molecule has 0 amide bonds. The topological polar surface area (TPSA) is 96.9 Å². The molecule has 0 saturated heterocycles. The summed E-state index contributed by atoms with van der Waals surface area (Å²) in [5, 5.41) is 11.7. The second-order valence-corrected chi connectivity index (χ2v) is 6.25. The molecule has 0 aromatic heterocycles. The number of hydrogen-bond acceptors (Lipinski definition) is 7. The number of thioether (sulfide) groups is 1. The number of ether oxygens (including phenoxy) is 1. The first-order valence-corrected chi connectivity index (χ1v) is 6.56. The van der Waals surface area contributed by atoms with E-state index >= 15 is 0 Å². The summed E-state index contributed by atoms with van der Waals surface area (Å²) >= 11 is 1.03. The predicted octanol–water partition coefficient (Wildman–Crippen LogP) is 1.77. The van der Waals surface area contributed by atoms with Crippen LogP contribution < -0.4 is 10.8 Å². The van der Waals surface area contributed by atoms with Crippen LogP contribution in [-0.4, -0.2) is 27.8 Å². The van der Waals surface area contributed by atoms with E-state index in [1.807, 2.05) is 6.92 Å². The summed E-state index contributed by atoms with van der Waals surface area (Å²) in [6, 6.07) is 0. The van der Waals surface area contributed by atoms with Crippen LogP contribution in [0.1, 0.15) is 34.1 Å². The third kappa shape index (κ3) is 4.64. The standard InChI is InChI=1S/C11H18N2O5S/c1-5-11(12-6-7(19-11)8(14)15)13-18-9(16)17-10(2,3)4/h6,12-13H,5H2,1-4H3,(H,14,15). The van der Waals surface area contributed by atoms with Gasteiger partial charge in [0.05, 0.1) is 0 Å². The van der Waals surface area contributed by atoms with E-state index in [0.717, 1.165) is 11.8 Å². The van der Waals surface area contributed by atoms with Gasteiger partial charge in [0, 0.05) is 6.20 Å². The van der Waals surface area contributed by atoms with Crippen LogP contribution in [0.15, 0.2) is 11.1 Å². The van der Waals surface area contributed by atoms with Gasteiger partial charge in [0.25, 0.3) is 0 Å². The lowest BCUT2D eigenvalue weighted by atomic mass is 10.2. The van der Waals surface area contributed by atoms with E-state index in [9.17, 15) is 9.59 Å². The second kappa shape index (κ2) is 5.70. The highest BCUT2D eigenvalue weighted by Crippen LogP contribution is 2.35. The molecule has 0 fully saturated rings. The molecule has 0 aromatic rings. The largest absolute Gasteiger partial charge is 0.528 e. The predicted molar refractivity (Wildman–Crippen MR) is 69.9 cm³/mol. The van der Waals surface area contributed by atoms with Crippen molar-refractivity contribution in [2.24, 2.45) is 0 Å². The first-order valence-electron chi connectivity index (χ1n) is 5.74. The molecule has 1 heterocycles. The molecule has 0 aliphatic carbocycles. The van der Waals surface area contributed by atoms with Crippen LogP contribution in [-0.2, 0) is 14.4 Å². The monoisotopic (exact) mass is 290 g/mol. The summed E-state index contributed by atoms with van der Waals surface area (Å²) in [7, 11) is 0. The number of nitrogens with one attached hydrogen (secondary N) is 2. The van der Waals surface area contributed by atoms with Crippen molar-refractivity contribution >= 4 is 23.9 Å². The van der Waals surface area contributed by atoms with Crippen molar-refractivity contribution in [3.8, 4) is 0 Å². The lowest BCUT2D eigenvalue weighted by Gasteiger charge is -2.28. The Hall–Kier alpha value is -1.41. The minimum Gasteiger partial charge on any atom is -0.477 e. The molecule has 19 heavy (non-hydrogen) atoms. The van der Waals surface area contributed by atoms with Crippen molar-refractivity contribution in [1.29, 1.82) is 0 Å². The Kier molecular flexibility index (Phi) is 4.70. The van der Waals surface area contributed by atoms with Gasteiger partial charge in [-0.15, -0.1) is 5.48 Å². The van der Waals surface area contributed by atoms with Crippen molar-refractivity contribution in [3.05, 3.63) is 11.1 Å². The third-order valence-electron chi connectivity index (χ3n) is 2.12. The molecule has 8 heteroatoms. The average Bonchev–Trinajstić information content (AvgIpc) is 2.69. The highest BCUT2D eigenvalue weighted by molar-refractivity contribution is 8.05. The molecule has 0 saturated carbocycles. The van der Waals surface area contributed by atoms with Gasteiger partial charge in [-0.3, -0.25) is 0 Å². The average molecular weight is 290 g/mol. The summed E-state index contributed by atoms with van der Waals surface area (Å²) in [6.07, 6.45) is 0.988. The van der Waals surface area contributed by atoms with Crippen LogP contribution in [0.5, 0.6) is 0 Å². The van der Waals surface area contributed by atoms with Crippen molar-refractivity contribution in [2.45, 2.75) is 44.7 Å². The first-order chi connectivity index (χ1) is 8.67. The second-order valence-electron chi connectivity index (χ2n) is 4.91. The van der Waals surface area contributed by atoms with E-state index in [-0.39, 0.29) is 4.91 Å². The maximum Gasteiger partial charge on any atom is 0.528 e. The van der Waals surface area contributed by atoms with Crippen LogP contribution in [0.25, 0.3) is 0 Å². The highest BCUT2D eigenvalue weighted by Gasteiger charge is 2.38. The van der Waals surface area contributed by atoms with Gasteiger partial charge in [-0.25, -0.2) is 9.59 Å². The number of hydrogen-bond donors (Lipinski definition) is 3. The maximum atomic E-state index is 11.4. The van der Waals surface area contributed by atoms with E-state index in [1.165, 1.54) is 6.20 Å². The zero-order chi connectivity index (χ0) is 14.7. The van der Waals surface area contributed by atoms with E-state index in [4.69, 9.17) is 14.7 Å².